The molecule has 0 amide bonds. The van der Waals surface area contributed by atoms with E-state index in [9.17, 15) is 0 Å². The number of hydrogen-bond acceptors (Lipinski definition) is 1. The summed E-state index contributed by atoms with van der Waals surface area (Å²) >= 11 is 5.47. The van der Waals surface area contributed by atoms with Crippen LogP contribution in [0.25, 0.3) is 11.0 Å². The first-order valence-corrected chi connectivity index (χ1v) is 7.73. The van der Waals surface area contributed by atoms with E-state index in [1.54, 1.807) is 0 Å². The molecular formula is C18H20N2S. The molecule has 0 saturated heterocycles. The van der Waals surface area contributed by atoms with Crippen LogP contribution < -0.4 is 0 Å². The smallest absolute Gasteiger partial charge is 0.178 e. The minimum absolute atomic E-state index is 0.567. The second-order valence-corrected chi connectivity index (χ2v) is 6.32. The molecule has 2 nitrogen and oxygen atoms in total. The van der Waals surface area contributed by atoms with E-state index in [2.05, 4.69) is 72.8 Å². The van der Waals surface area contributed by atoms with Crippen LogP contribution in [0.4, 0.5) is 0 Å². The van der Waals surface area contributed by atoms with Gasteiger partial charge in [-0.25, -0.2) is 0 Å². The number of imidazole rings is 1. The van der Waals surface area contributed by atoms with E-state index in [4.69, 9.17) is 12.2 Å². The zero-order valence-corrected chi connectivity index (χ0v) is 13.5. The summed E-state index contributed by atoms with van der Waals surface area (Å²) in [5.41, 5.74) is 6.17. The summed E-state index contributed by atoms with van der Waals surface area (Å²) in [6, 6.07) is 15.2. The SMILES string of the molecule is Cc1ccc2[nH]c(=S)n(Cc3ccc(C(C)C)cc3)c2c1. The van der Waals surface area contributed by atoms with Gasteiger partial charge in [0.15, 0.2) is 4.77 Å². The maximum Gasteiger partial charge on any atom is 0.178 e. The van der Waals surface area contributed by atoms with Crippen LogP contribution in [0, 0.1) is 11.7 Å². The Morgan fingerprint density at radius 1 is 1.10 bits per heavy atom. The zero-order valence-electron chi connectivity index (χ0n) is 12.7. The van der Waals surface area contributed by atoms with Gasteiger partial charge in [-0.3, -0.25) is 0 Å². The molecule has 0 aliphatic heterocycles. The Morgan fingerprint density at radius 3 is 2.48 bits per heavy atom. The maximum atomic E-state index is 5.47. The summed E-state index contributed by atoms with van der Waals surface area (Å²) in [4.78, 5) is 3.28. The van der Waals surface area contributed by atoms with E-state index in [-0.39, 0.29) is 0 Å². The van der Waals surface area contributed by atoms with Crippen molar-refractivity contribution in [2.75, 3.05) is 0 Å². The molecule has 0 spiro atoms. The number of rotatable bonds is 3. The van der Waals surface area contributed by atoms with Gasteiger partial charge in [-0.05, 0) is 53.9 Å². The van der Waals surface area contributed by atoms with Crippen LogP contribution in [0.3, 0.4) is 0 Å². The highest BCUT2D eigenvalue weighted by atomic mass is 32.1. The van der Waals surface area contributed by atoms with E-state index in [1.165, 1.54) is 22.2 Å². The van der Waals surface area contributed by atoms with Crippen molar-refractivity contribution < 1.29 is 0 Å². The van der Waals surface area contributed by atoms with Gasteiger partial charge in [0.2, 0.25) is 0 Å². The Hall–Kier alpha value is -1.87. The van der Waals surface area contributed by atoms with Crippen molar-refractivity contribution in [1.29, 1.82) is 0 Å². The van der Waals surface area contributed by atoms with E-state index in [1.807, 2.05) is 0 Å². The predicted molar refractivity (Wildman–Crippen MR) is 91.5 cm³/mol. The van der Waals surface area contributed by atoms with Gasteiger partial charge in [-0.1, -0.05) is 44.2 Å². The number of benzene rings is 2. The van der Waals surface area contributed by atoms with Crippen LogP contribution in [0.15, 0.2) is 42.5 Å². The molecule has 0 aliphatic carbocycles. The number of H-pyrrole nitrogens is 1. The van der Waals surface area contributed by atoms with Crippen LogP contribution in [-0.4, -0.2) is 9.55 Å². The van der Waals surface area contributed by atoms with Crippen molar-refractivity contribution >= 4 is 23.3 Å². The van der Waals surface area contributed by atoms with Crippen LogP contribution in [-0.2, 0) is 6.54 Å². The fourth-order valence-corrected chi connectivity index (χ4v) is 2.88. The molecule has 0 saturated carbocycles. The Kier molecular flexibility index (Phi) is 3.68. The molecule has 108 valence electrons. The highest BCUT2D eigenvalue weighted by Gasteiger charge is 2.06. The van der Waals surface area contributed by atoms with E-state index in [0.717, 1.165) is 16.8 Å². The first kappa shape index (κ1) is 14.1. The number of nitrogens with one attached hydrogen (secondary N) is 1. The van der Waals surface area contributed by atoms with Gasteiger partial charge < -0.3 is 9.55 Å². The molecule has 3 aromatic rings. The quantitative estimate of drug-likeness (QED) is 0.660. The Morgan fingerprint density at radius 2 is 1.81 bits per heavy atom. The lowest BCUT2D eigenvalue weighted by Crippen LogP contribution is -2.00. The summed E-state index contributed by atoms with van der Waals surface area (Å²) in [7, 11) is 0. The lowest BCUT2D eigenvalue weighted by Gasteiger charge is -2.08. The molecule has 0 bridgehead atoms. The lowest BCUT2D eigenvalue weighted by atomic mass is 10.0. The largest absolute Gasteiger partial charge is 0.331 e. The molecule has 0 fully saturated rings. The van der Waals surface area contributed by atoms with Crippen molar-refractivity contribution in [3.8, 4) is 0 Å². The molecule has 0 aliphatic rings. The van der Waals surface area contributed by atoms with Crippen molar-refractivity contribution in [1.82, 2.24) is 9.55 Å². The van der Waals surface area contributed by atoms with Gasteiger partial charge in [0.25, 0.3) is 0 Å². The number of hydrogen-bond donors (Lipinski definition) is 1. The van der Waals surface area contributed by atoms with Crippen molar-refractivity contribution in [2.24, 2.45) is 0 Å². The Balaban J connectivity index is 1.99. The third-order valence-corrected chi connectivity index (χ3v) is 4.24. The standard InChI is InChI=1S/C18H20N2S/c1-12(2)15-7-5-14(6-8-15)11-20-17-10-13(3)4-9-16(17)19-18(20)21/h4-10,12H,11H2,1-3H3,(H,19,21). The summed E-state index contributed by atoms with van der Waals surface area (Å²) < 4.78 is 2.95. The fourth-order valence-electron chi connectivity index (χ4n) is 2.61. The molecule has 2 aromatic carbocycles. The van der Waals surface area contributed by atoms with Gasteiger partial charge in [-0.15, -0.1) is 0 Å². The monoisotopic (exact) mass is 296 g/mol. The molecule has 3 heteroatoms. The van der Waals surface area contributed by atoms with E-state index in [0.29, 0.717) is 5.92 Å². The number of aryl methyl sites for hydroxylation is 1. The third kappa shape index (κ3) is 2.79. The molecule has 0 unspecified atom stereocenters. The zero-order chi connectivity index (χ0) is 15.0. The van der Waals surface area contributed by atoms with Crippen LogP contribution in [0.1, 0.15) is 36.5 Å². The summed E-state index contributed by atoms with van der Waals surface area (Å²) in [6.07, 6.45) is 0. The predicted octanol–water partition coefficient (Wildman–Crippen LogP) is 5.18. The molecule has 0 radical (unpaired) electrons. The van der Waals surface area contributed by atoms with E-state index < -0.39 is 0 Å². The number of fused-ring (bicyclic) bond motifs is 1. The molecule has 1 N–H and O–H groups in total. The first-order chi connectivity index (χ1) is 10.0. The number of nitrogens with zero attached hydrogens (tertiary/aromatic N) is 1. The molecule has 3 rings (SSSR count). The lowest BCUT2D eigenvalue weighted by molar-refractivity contribution is 0.806. The molecular weight excluding hydrogens is 276 g/mol. The first-order valence-electron chi connectivity index (χ1n) is 7.32. The molecule has 21 heavy (non-hydrogen) atoms. The highest BCUT2D eigenvalue weighted by Crippen LogP contribution is 2.19. The van der Waals surface area contributed by atoms with Crippen molar-refractivity contribution in [3.63, 3.8) is 0 Å². The minimum Gasteiger partial charge on any atom is -0.331 e. The topological polar surface area (TPSA) is 20.7 Å². The summed E-state index contributed by atoms with van der Waals surface area (Å²) in [6.45, 7) is 7.35. The summed E-state index contributed by atoms with van der Waals surface area (Å²) in [5, 5.41) is 0. The third-order valence-electron chi connectivity index (χ3n) is 3.92. The van der Waals surface area contributed by atoms with Gasteiger partial charge in [-0.2, -0.15) is 0 Å². The average Bonchev–Trinajstić information content (AvgIpc) is 2.76. The van der Waals surface area contributed by atoms with Gasteiger partial charge in [0.05, 0.1) is 17.6 Å². The molecule has 1 heterocycles. The minimum atomic E-state index is 0.567. The van der Waals surface area contributed by atoms with Gasteiger partial charge >= 0.3 is 0 Å². The van der Waals surface area contributed by atoms with Gasteiger partial charge in [0.1, 0.15) is 0 Å². The normalized spacial score (nSPS) is 11.4. The van der Waals surface area contributed by atoms with Crippen molar-refractivity contribution in [3.05, 3.63) is 63.9 Å². The summed E-state index contributed by atoms with van der Waals surface area (Å²) in [5.74, 6) is 0.567. The fraction of sp³-hybridized carbons (Fsp3) is 0.278. The number of aromatic amines is 1. The van der Waals surface area contributed by atoms with Crippen LogP contribution >= 0.6 is 12.2 Å². The van der Waals surface area contributed by atoms with Gasteiger partial charge in [0, 0.05) is 0 Å². The molecule has 0 atom stereocenters. The Bertz CT molecular complexity index is 823. The number of aromatic nitrogens is 2. The van der Waals surface area contributed by atoms with Crippen molar-refractivity contribution in [2.45, 2.75) is 33.2 Å². The second-order valence-electron chi connectivity index (χ2n) is 5.93. The maximum absolute atomic E-state index is 5.47. The Labute approximate surface area is 130 Å². The second kappa shape index (κ2) is 5.49. The highest BCUT2D eigenvalue weighted by molar-refractivity contribution is 7.71. The van der Waals surface area contributed by atoms with Crippen LogP contribution in [0.2, 0.25) is 0 Å². The average molecular weight is 296 g/mol. The van der Waals surface area contributed by atoms with E-state index >= 15 is 0 Å². The van der Waals surface area contributed by atoms with Crippen LogP contribution in [0.5, 0.6) is 0 Å². The molecule has 1 aromatic heterocycles.